The van der Waals surface area contributed by atoms with Gasteiger partial charge >= 0.3 is 0 Å². The first-order chi connectivity index (χ1) is 15.8. The van der Waals surface area contributed by atoms with Crippen LogP contribution in [0.3, 0.4) is 0 Å². The van der Waals surface area contributed by atoms with Crippen LogP contribution in [-0.4, -0.2) is 76.6 Å². The molecule has 0 spiro atoms. The third-order valence-corrected chi connectivity index (χ3v) is 5.74. The van der Waals surface area contributed by atoms with Gasteiger partial charge in [0, 0.05) is 51.6 Å². The molecule has 2 rings (SSSR count). The smallest absolute Gasteiger partial charge is 0.191 e. The molecule has 1 aromatic carbocycles. The highest BCUT2D eigenvalue weighted by Crippen LogP contribution is 2.19. The van der Waals surface area contributed by atoms with Gasteiger partial charge in [-0.3, -0.25) is 0 Å². The van der Waals surface area contributed by atoms with E-state index < -0.39 is 0 Å². The number of para-hydroxylation sites is 1. The van der Waals surface area contributed by atoms with Crippen LogP contribution in [0.1, 0.15) is 45.6 Å². The molecule has 1 aliphatic heterocycles. The van der Waals surface area contributed by atoms with Crippen LogP contribution in [0.4, 0.5) is 0 Å². The van der Waals surface area contributed by atoms with Crippen molar-refractivity contribution in [2.45, 2.75) is 46.6 Å². The minimum absolute atomic E-state index is 0. The third kappa shape index (κ3) is 12.8. The fourth-order valence-corrected chi connectivity index (χ4v) is 3.65. The summed E-state index contributed by atoms with van der Waals surface area (Å²) in [6.45, 7) is 15.8. The lowest BCUT2D eigenvalue weighted by atomic mass is 10.0. The summed E-state index contributed by atoms with van der Waals surface area (Å²) in [7, 11) is 0. The van der Waals surface area contributed by atoms with E-state index in [4.69, 9.17) is 19.2 Å². The van der Waals surface area contributed by atoms with E-state index in [2.05, 4.69) is 42.4 Å². The average molecular weight is 577 g/mol. The third-order valence-electron chi connectivity index (χ3n) is 5.74. The van der Waals surface area contributed by atoms with E-state index in [0.717, 1.165) is 95.7 Å². The van der Waals surface area contributed by atoms with Crippen molar-refractivity contribution in [3.63, 3.8) is 0 Å². The molecule has 7 nitrogen and oxygen atoms in total. The van der Waals surface area contributed by atoms with E-state index in [0.29, 0.717) is 19.1 Å². The van der Waals surface area contributed by atoms with Gasteiger partial charge in [-0.05, 0) is 51.3 Å². The summed E-state index contributed by atoms with van der Waals surface area (Å²) >= 11 is 0. The van der Waals surface area contributed by atoms with Crippen LogP contribution in [0, 0.1) is 5.92 Å². The summed E-state index contributed by atoms with van der Waals surface area (Å²) in [5, 5.41) is 6.74. The lowest BCUT2D eigenvalue weighted by Gasteiger charge is -2.21. The predicted molar refractivity (Wildman–Crippen MR) is 147 cm³/mol. The number of hydrogen-bond acceptors (Lipinski definition) is 5. The van der Waals surface area contributed by atoms with Crippen molar-refractivity contribution < 1.29 is 14.2 Å². The quantitative estimate of drug-likeness (QED) is 0.143. The number of ether oxygens (including phenoxy) is 3. The van der Waals surface area contributed by atoms with E-state index in [9.17, 15) is 0 Å². The molecule has 0 aromatic heterocycles. The van der Waals surface area contributed by atoms with Crippen molar-refractivity contribution in [1.29, 1.82) is 0 Å². The van der Waals surface area contributed by atoms with Crippen LogP contribution in [0.15, 0.2) is 29.3 Å². The number of aliphatic imine (C=N–C) groups is 1. The topological polar surface area (TPSA) is 67.4 Å². The van der Waals surface area contributed by atoms with Crippen molar-refractivity contribution in [1.82, 2.24) is 15.5 Å². The summed E-state index contributed by atoms with van der Waals surface area (Å²) in [4.78, 5) is 7.12. The summed E-state index contributed by atoms with van der Waals surface area (Å²) in [5.41, 5.74) is 1.10. The highest BCUT2D eigenvalue weighted by atomic mass is 127. The van der Waals surface area contributed by atoms with Crippen molar-refractivity contribution in [2.75, 3.05) is 65.8 Å². The number of rotatable bonds is 15. The largest absolute Gasteiger partial charge is 0.492 e. The summed E-state index contributed by atoms with van der Waals surface area (Å²) in [6, 6.07) is 8.18. The normalized spacial score (nSPS) is 14.7. The van der Waals surface area contributed by atoms with E-state index in [-0.39, 0.29) is 24.0 Å². The molecule has 0 amide bonds. The number of guanidine groups is 1. The van der Waals surface area contributed by atoms with Gasteiger partial charge in [0.2, 0.25) is 0 Å². The first kappa shape index (κ1) is 29.9. The molecule has 190 valence electrons. The second kappa shape index (κ2) is 19.2. The second-order valence-corrected chi connectivity index (χ2v) is 8.09. The SMILES string of the molecule is CCNC(=NCc1ccccc1OCCN(CC)CC)NCCCOCC1CCOCC1.I. The number of halogens is 1. The van der Waals surface area contributed by atoms with Crippen molar-refractivity contribution >= 4 is 29.9 Å². The number of hydrogen-bond donors (Lipinski definition) is 2. The Balaban J connectivity index is 0.00000544. The lowest BCUT2D eigenvalue weighted by Crippen LogP contribution is -2.38. The maximum Gasteiger partial charge on any atom is 0.191 e. The Hall–Kier alpha value is -1.10. The Labute approximate surface area is 218 Å². The summed E-state index contributed by atoms with van der Waals surface area (Å²) in [5.74, 6) is 2.40. The molecule has 0 unspecified atom stereocenters. The molecule has 1 aliphatic rings. The molecule has 33 heavy (non-hydrogen) atoms. The van der Waals surface area contributed by atoms with Crippen molar-refractivity contribution in [3.8, 4) is 5.75 Å². The van der Waals surface area contributed by atoms with Crippen LogP contribution < -0.4 is 15.4 Å². The first-order valence-corrected chi connectivity index (χ1v) is 12.4. The number of nitrogens with zero attached hydrogens (tertiary/aromatic N) is 2. The van der Waals surface area contributed by atoms with Crippen LogP contribution in [0.25, 0.3) is 0 Å². The van der Waals surface area contributed by atoms with Gasteiger partial charge < -0.3 is 29.7 Å². The Bertz CT molecular complexity index is 638. The van der Waals surface area contributed by atoms with E-state index in [1.165, 1.54) is 0 Å². The second-order valence-electron chi connectivity index (χ2n) is 8.09. The van der Waals surface area contributed by atoms with E-state index in [1.807, 2.05) is 18.2 Å². The predicted octanol–water partition coefficient (Wildman–Crippen LogP) is 3.91. The number of benzene rings is 1. The fraction of sp³-hybridized carbons (Fsp3) is 0.720. The Morgan fingerprint density at radius 1 is 1.09 bits per heavy atom. The standard InChI is InChI=1S/C25H44N4O3.HI/c1-4-26-25(27-14-9-16-31-21-22-12-17-30-18-13-22)28-20-23-10-7-8-11-24(23)32-19-15-29(5-2)6-3;/h7-8,10-11,22H,4-6,9,12-21H2,1-3H3,(H2,26,27,28);1H. The molecule has 0 saturated carbocycles. The molecule has 0 bridgehead atoms. The van der Waals surface area contributed by atoms with Crippen molar-refractivity contribution in [3.05, 3.63) is 29.8 Å². The molecule has 1 aromatic rings. The number of nitrogens with one attached hydrogen (secondary N) is 2. The molecule has 0 aliphatic carbocycles. The van der Waals surface area contributed by atoms with Gasteiger partial charge in [0.05, 0.1) is 6.54 Å². The van der Waals surface area contributed by atoms with Crippen LogP contribution in [0.5, 0.6) is 5.75 Å². The van der Waals surface area contributed by atoms with Gasteiger partial charge in [0.25, 0.3) is 0 Å². The average Bonchev–Trinajstić information content (AvgIpc) is 2.83. The maximum absolute atomic E-state index is 6.06. The zero-order valence-corrected chi connectivity index (χ0v) is 23.1. The lowest BCUT2D eigenvalue weighted by molar-refractivity contribution is 0.0203. The number of likely N-dealkylation sites (N-methyl/N-ethyl adjacent to an activating group) is 1. The monoisotopic (exact) mass is 576 g/mol. The van der Waals surface area contributed by atoms with Crippen LogP contribution in [-0.2, 0) is 16.0 Å². The Kier molecular flexibility index (Phi) is 17.4. The van der Waals surface area contributed by atoms with Gasteiger partial charge in [-0.1, -0.05) is 32.0 Å². The van der Waals surface area contributed by atoms with E-state index in [1.54, 1.807) is 0 Å². The Morgan fingerprint density at radius 3 is 2.58 bits per heavy atom. The minimum Gasteiger partial charge on any atom is -0.492 e. The molecule has 8 heteroatoms. The molecular formula is C25H45IN4O3. The highest BCUT2D eigenvalue weighted by molar-refractivity contribution is 14.0. The molecule has 1 fully saturated rings. The summed E-state index contributed by atoms with van der Waals surface area (Å²) in [6.07, 6.45) is 3.20. The van der Waals surface area contributed by atoms with Gasteiger partial charge in [-0.2, -0.15) is 0 Å². The molecular weight excluding hydrogens is 531 g/mol. The summed E-state index contributed by atoms with van der Waals surface area (Å²) < 4.78 is 17.3. The molecule has 0 atom stereocenters. The zero-order valence-electron chi connectivity index (χ0n) is 20.8. The zero-order chi connectivity index (χ0) is 22.9. The molecule has 1 heterocycles. The van der Waals surface area contributed by atoms with Crippen molar-refractivity contribution in [2.24, 2.45) is 10.9 Å². The van der Waals surface area contributed by atoms with Gasteiger partial charge in [-0.15, -0.1) is 24.0 Å². The molecule has 2 N–H and O–H groups in total. The van der Waals surface area contributed by atoms with Crippen LogP contribution >= 0.6 is 24.0 Å². The first-order valence-electron chi connectivity index (χ1n) is 12.4. The molecule has 1 saturated heterocycles. The van der Waals surface area contributed by atoms with Gasteiger partial charge in [0.15, 0.2) is 5.96 Å². The molecule has 0 radical (unpaired) electrons. The minimum atomic E-state index is 0. The highest BCUT2D eigenvalue weighted by Gasteiger charge is 2.13. The van der Waals surface area contributed by atoms with Gasteiger partial charge in [0.1, 0.15) is 12.4 Å². The van der Waals surface area contributed by atoms with E-state index >= 15 is 0 Å². The maximum atomic E-state index is 6.06. The Morgan fingerprint density at radius 2 is 1.85 bits per heavy atom. The fourth-order valence-electron chi connectivity index (χ4n) is 3.65. The van der Waals surface area contributed by atoms with Crippen LogP contribution in [0.2, 0.25) is 0 Å². The van der Waals surface area contributed by atoms with Gasteiger partial charge in [-0.25, -0.2) is 4.99 Å².